The summed E-state index contributed by atoms with van der Waals surface area (Å²) in [5.74, 6) is -0.316. The van der Waals surface area contributed by atoms with Gasteiger partial charge in [0.05, 0.1) is 5.92 Å². The Morgan fingerprint density at radius 1 is 1.41 bits per heavy atom. The lowest BCUT2D eigenvalue weighted by Crippen LogP contribution is -2.14. The smallest absolute Gasteiger partial charge is 0.309 e. The second-order valence-corrected chi connectivity index (χ2v) is 4.05. The highest BCUT2D eigenvalue weighted by Crippen LogP contribution is 2.09. The van der Waals surface area contributed by atoms with Crippen LogP contribution in [0.25, 0.3) is 0 Å². The van der Waals surface area contributed by atoms with E-state index < -0.39 is 0 Å². The summed E-state index contributed by atoms with van der Waals surface area (Å²) in [4.78, 5) is 11.5. The molecule has 0 amide bonds. The predicted molar refractivity (Wildman–Crippen MR) is 68.1 cm³/mol. The molecular weight excluding hydrogens is 214 g/mol. The Morgan fingerprint density at radius 2 is 2.00 bits per heavy atom. The van der Waals surface area contributed by atoms with Crippen LogP contribution >= 0.6 is 0 Å². The van der Waals surface area contributed by atoms with Crippen molar-refractivity contribution in [2.75, 3.05) is 0 Å². The zero-order valence-electron chi connectivity index (χ0n) is 10.2. The van der Waals surface area contributed by atoms with Crippen molar-refractivity contribution in [3.05, 3.63) is 48.0 Å². The Kier molecular flexibility index (Phi) is 5.43. The van der Waals surface area contributed by atoms with Gasteiger partial charge < -0.3 is 10.5 Å². The normalized spacial score (nSPS) is 11.9. The maximum Gasteiger partial charge on any atom is 0.309 e. The highest BCUT2D eigenvalue weighted by atomic mass is 16.5. The van der Waals surface area contributed by atoms with Crippen molar-refractivity contribution < 1.29 is 9.53 Å². The van der Waals surface area contributed by atoms with Crippen molar-refractivity contribution in [3.8, 4) is 0 Å². The lowest BCUT2D eigenvalue weighted by molar-refractivity contribution is -0.149. The molecule has 0 heterocycles. The highest BCUT2D eigenvalue weighted by Gasteiger charge is 2.12. The summed E-state index contributed by atoms with van der Waals surface area (Å²) in [6.45, 7) is 6.27. The number of rotatable bonds is 6. The van der Waals surface area contributed by atoms with E-state index in [-0.39, 0.29) is 11.9 Å². The van der Waals surface area contributed by atoms with Crippen LogP contribution in [0.4, 0.5) is 0 Å². The average Bonchev–Trinajstić information content (AvgIpc) is 2.36. The van der Waals surface area contributed by atoms with Crippen molar-refractivity contribution in [1.29, 1.82) is 0 Å². The molecule has 0 aromatic heterocycles. The van der Waals surface area contributed by atoms with Crippen molar-refractivity contribution in [2.45, 2.75) is 26.5 Å². The summed E-state index contributed by atoms with van der Waals surface area (Å²) in [5, 5.41) is 0. The number of esters is 1. The molecule has 0 saturated heterocycles. The van der Waals surface area contributed by atoms with Gasteiger partial charge in [0.1, 0.15) is 6.61 Å². The van der Waals surface area contributed by atoms with Gasteiger partial charge in [0.15, 0.2) is 0 Å². The van der Waals surface area contributed by atoms with Crippen molar-refractivity contribution >= 4 is 5.97 Å². The van der Waals surface area contributed by atoms with Crippen LogP contribution in [0, 0.1) is 5.92 Å². The third kappa shape index (κ3) is 4.41. The number of hydrogen-bond donors (Lipinski definition) is 1. The maximum absolute atomic E-state index is 11.5. The Bertz CT molecular complexity index is 370. The number of benzene rings is 1. The van der Waals surface area contributed by atoms with Gasteiger partial charge in [-0.15, -0.1) is 6.58 Å². The van der Waals surface area contributed by atoms with E-state index in [9.17, 15) is 4.79 Å². The van der Waals surface area contributed by atoms with Crippen molar-refractivity contribution in [3.63, 3.8) is 0 Å². The largest absolute Gasteiger partial charge is 0.461 e. The van der Waals surface area contributed by atoms with Gasteiger partial charge in [0, 0.05) is 6.54 Å². The fraction of sp³-hybridized carbons (Fsp3) is 0.357. The molecule has 0 fully saturated rings. The van der Waals surface area contributed by atoms with Crippen LogP contribution in [0.1, 0.15) is 24.5 Å². The molecule has 0 spiro atoms. The van der Waals surface area contributed by atoms with Crippen LogP contribution in [0.2, 0.25) is 0 Å². The number of allylic oxidation sites excluding steroid dienone is 1. The van der Waals surface area contributed by atoms with Gasteiger partial charge in [-0.1, -0.05) is 37.3 Å². The first-order valence-corrected chi connectivity index (χ1v) is 5.72. The summed E-state index contributed by atoms with van der Waals surface area (Å²) in [6.07, 6.45) is 2.37. The molecule has 1 aromatic carbocycles. The topological polar surface area (TPSA) is 52.3 Å². The molecule has 0 saturated carbocycles. The van der Waals surface area contributed by atoms with Crippen LogP contribution < -0.4 is 5.73 Å². The van der Waals surface area contributed by atoms with Gasteiger partial charge in [-0.05, 0) is 17.5 Å². The molecule has 3 heteroatoms. The van der Waals surface area contributed by atoms with Crippen LogP contribution in [0.5, 0.6) is 0 Å². The second-order valence-electron chi connectivity index (χ2n) is 4.05. The van der Waals surface area contributed by atoms with E-state index in [1.807, 2.05) is 31.2 Å². The second kappa shape index (κ2) is 6.86. The van der Waals surface area contributed by atoms with E-state index in [4.69, 9.17) is 10.5 Å². The van der Waals surface area contributed by atoms with E-state index >= 15 is 0 Å². The molecule has 3 nitrogen and oxygen atoms in total. The third-order valence-corrected chi connectivity index (χ3v) is 2.56. The lowest BCUT2D eigenvalue weighted by Gasteiger charge is -2.09. The molecule has 92 valence electrons. The molecule has 2 N–H and O–H groups in total. The molecule has 0 aliphatic rings. The number of carbonyl (C=O) groups is 1. The Balaban J connectivity index is 2.44. The molecule has 1 atom stereocenters. The Hall–Kier alpha value is -1.61. The van der Waals surface area contributed by atoms with E-state index in [2.05, 4.69) is 6.58 Å². The Labute approximate surface area is 102 Å². The minimum absolute atomic E-state index is 0.129. The lowest BCUT2D eigenvalue weighted by atomic mass is 10.1. The first-order valence-electron chi connectivity index (χ1n) is 5.72. The standard InChI is InChI=1S/C14H19NO2/c1-3-4-11(2)14(16)17-10-13-7-5-12(9-15)6-8-13/h3,5-8,11H,1,4,9-10,15H2,2H3. The van der Waals surface area contributed by atoms with Crippen LogP contribution in [0.15, 0.2) is 36.9 Å². The van der Waals surface area contributed by atoms with Crippen LogP contribution in [-0.2, 0) is 22.7 Å². The average molecular weight is 233 g/mol. The molecule has 1 rings (SSSR count). The quantitative estimate of drug-likeness (QED) is 0.606. The predicted octanol–water partition coefficient (Wildman–Crippen LogP) is 2.40. The fourth-order valence-corrected chi connectivity index (χ4v) is 1.41. The molecule has 17 heavy (non-hydrogen) atoms. The molecule has 0 aliphatic carbocycles. The van der Waals surface area contributed by atoms with Gasteiger partial charge in [-0.2, -0.15) is 0 Å². The van der Waals surface area contributed by atoms with Crippen molar-refractivity contribution in [1.82, 2.24) is 0 Å². The third-order valence-electron chi connectivity index (χ3n) is 2.56. The molecule has 0 radical (unpaired) electrons. The summed E-state index contributed by atoms with van der Waals surface area (Å²) >= 11 is 0. The first-order chi connectivity index (χ1) is 8.17. The van der Waals surface area contributed by atoms with Crippen LogP contribution in [-0.4, -0.2) is 5.97 Å². The number of nitrogens with two attached hydrogens (primary N) is 1. The van der Waals surface area contributed by atoms with Gasteiger partial charge in [-0.3, -0.25) is 4.79 Å². The van der Waals surface area contributed by atoms with Crippen molar-refractivity contribution in [2.24, 2.45) is 11.7 Å². The SMILES string of the molecule is C=CCC(C)C(=O)OCc1ccc(CN)cc1. The van der Waals surface area contributed by atoms with Gasteiger partial charge in [0.2, 0.25) is 0 Å². The molecule has 0 bridgehead atoms. The van der Waals surface area contributed by atoms with Crippen LogP contribution in [0.3, 0.4) is 0 Å². The first kappa shape index (κ1) is 13.5. The summed E-state index contributed by atoms with van der Waals surface area (Å²) in [7, 11) is 0. The number of ether oxygens (including phenoxy) is 1. The highest BCUT2D eigenvalue weighted by molar-refractivity contribution is 5.72. The maximum atomic E-state index is 11.5. The molecule has 1 aromatic rings. The minimum atomic E-state index is -0.187. The summed E-state index contributed by atoms with van der Waals surface area (Å²) in [6, 6.07) is 7.73. The number of carbonyl (C=O) groups excluding carboxylic acids is 1. The summed E-state index contributed by atoms with van der Waals surface area (Å²) in [5.41, 5.74) is 7.54. The zero-order valence-corrected chi connectivity index (χ0v) is 10.2. The molecule has 1 unspecified atom stereocenters. The van der Waals surface area contributed by atoms with Gasteiger partial charge in [-0.25, -0.2) is 0 Å². The fourth-order valence-electron chi connectivity index (χ4n) is 1.41. The van der Waals surface area contributed by atoms with E-state index in [0.717, 1.165) is 11.1 Å². The number of hydrogen-bond acceptors (Lipinski definition) is 3. The van der Waals surface area contributed by atoms with Gasteiger partial charge >= 0.3 is 5.97 Å². The molecular formula is C14H19NO2. The zero-order chi connectivity index (χ0) is 12.7. The Morgan fingerprint density at radius 3 is 2.53 bits per heavy atom. The van der Waals surface area contributed by atoms with E-state index in [0.29, 0.717) is 19.6 Å². The van der Waals surface area contributed by atoms with Gasteiger partial charge in [0.25, 0.3) is 0 Å². The minimum Gasteiger partial charge on any atom is -0.461 e. The van der Waals surface area contributed by atoms with E-state index in [1.54, 1.807) is 6.08 Å². The summed E-state index contributed by atoms with van der Waals surface area (Å²) < 4.78 is 5.20. The van der Waals surface area contributed by atoms with E-state index in [1.165, 1.54) is 0 Å². The molecule has 0 aliphatic heterocycles. The monoisotopic (exact) mass is 233 g/mol.